The topological polar surface area (TPSA) is 20.3 Å². The number of nitrogens with zero attached hydrogens (tertiary/aromatic N) is 1. The zero-order valence-corrected chi connectivity index (χ0v) is 12.1. The van der Waals surface area contributed by atoms with Crippen molar-refractivity contribution in [3.63, 3.8) is 0 Å². The third kappa shape index (κ3) is 4.04. The zero-order chi connectivity index (χ0) is 14.4. The van der Waals surface area contributed by atoms with Crippen LogP contribution in [0, 0.1) is 0 Å². The molecule has 0 bridgehead atoms. The molecule has 2 rings (SSSR count). The fourth-order valence-corrected chi connectivity index (χ4v) is 2.43. The predicted molar refractivity (Wildman–Crippen MR) is 82.5 cm³/mol. The van der Waals surface area contributed by atoms with Crippen LogP contribution in [0.4, 0.5) is 0 Å². The van der Waals surface area contributed by atoms with Crippen LogP contribution < -0.4 is 0 Å². The van der Waals surface area contributed by atoms with Crippen LogP contribution in [0.2, 0.25) is 0 Å². The van der Waals surface area contributed by atoms with Gasteiger partial charge in [-0.2, -0.15) is 0 Å². The lowest BCUT2D eigenvalue weighted by atomic mass is 10.0. The van der Waals surface area contributed by atoms with E-state index in [-0.39, 0.29) is 11.8 Å². The van der Waals surface area contributed by atoms with E-state index in [0.29, 0.717) is 0 Å². The molecule has 0 aliphatic rings. The number of benzene rings is 2. The third-order valence-corrected chi connectivity index (χ3v) is 3.55. The molecule has 0 heterocycles. The molecule has 0 N–H and O–H groups in total. The van der Waals surface area contributed by atoms with Gasteiger partial charge >= 0.3 is 0 Å². The molecule has 20 heavy (non-hydrogen) atoms. The SMILES string of the molecule is CC(=O)C(Cc1ccccc1)N(C)Cc1ccccc1. The summed E-state index contributed by atoms with van der Waals surface area (Å²) in [6.07, 6.45) is 0.763. The Kier molecular flexibility index (Phi) is 5.08. The van der Waals surface area contributed by atoms with Crippen LogP contribution in [0.15, 0.2) is 60.7 Å². The van der Waals surface area contributed by atoms with Gasteiger partial charge < -0.3 is 0 Å². The highest BCUT2D eigenvalue weighted by atomic mass is 16.1. The largest absolute Gasteiger partial charge is 0.298 e. The van der Waals surface area contributed by atoms with Crippen LogP contribution in [-0.2, 0) is 17.8 Å². The fourth-order valence-electron chi connectivity index (χ4n) is 2.43. The second-order valence-electron chi connectivity index (χ2n) is 5.22. The quantitative estimate of drug-likeness (QED) is 0.800. The molecular formula is C18H21NO. The van der Waals surface area contributed by atoms with Gasteiger partial charge in [-0.3, -0.25) is 9.69 Å². The third-order valence-electron chi connectivity index (χ3n) is 3.55. The summed E-state index contributed by atoms with van der Waals surface area (Å²) in [7, 11) is 2.02. The van der Waals surface area contributed by atoms with Crippen molar-refractivity contribution in [2.24, 2.45) is 0 Å². The van der Waals surface area contributed by atoms with Gasteiger partial charge in [0.05, 0.1) is 6.04 Å². The summed E-state index contributed by atoms with van der Waals surface area (Å²) in [6.45, 7) is 2.47. The Balaban J connectivity index is 2.06. The summed E-state index contributed by atoms with van der Waals surface area (Å²) in [5.74, 6) is 0.215. The van der Waals surface area contributed by atoms with Gasteiger partial charge in [-0.25, -0.2) is 0 Å². The number of Topliss-reactive ketones (excluding diaryl/α,β-unsaturated/α-hetero) is 1. The highest BCUT2D eigenvalue weighted by molar-refractivity contribution is 5.81. The molecular weight excluding hydrogens is 246 g/mol. The molecule has 2 aromatic rings. The average Bonchev–Trinajstić information content (AvgIpc) is 2.46. The van der Waals surface area contributed by atoms with E-state index in [4.69, 9.17) is 0 Å². The standard InChI is InChI=1S/C18H21NO/c1-15(20)18(13-16-9-5-3-6-10-16)19(2)14-17-11-7-4-8-12-17/h3-12,18H,13-14H2,1-2H3. The van der Waals surface area contributed by atoms with E-state index in [9.17, 15) is 4.79 Å². The predicted octanol–water partition coefficient (Wildman–Crippen LogP) is 3.32. The Morgan fingerprint density at radius 3 is 1.95 bits per heavy atom. The van der Waals surface area contributed by atoms with Crippen LogP contribution in [-0.4, -0.2) is 23.8 Å². The number of hydrogen-bond donors (Lipinski definition) is 0. The molecule has 0 aromatic heterocycles. The summed E-state index contributed by atoms with van der Waals surface area (Å²) in [6, 6.07) is 20.4. The molecule has 0 saturated carbocycles. The number of carbonyl (C=O) groups is 1. The second-order valence-corrected chi connectivity index (χ2v) is 5.22. The van der Waals surface area contributed by atoms with E-state index in [1.54, 1.807) is 6.92 Å². The Bertz CT molecular complexity index is 536. The minimum Gasteiger partial charge on any atom is -0.298 e. The molecule has 1 atom stereocenters. The lowest BCUT2D eigenvalue weighted by Gasteiger charge is -2.26. The van der Waals surface area contributed by atoms with Gasteiger partial charge in [0.2, 0.25) is 0 Å². The van der Waals surface area contributed by atoms with E-state index in [0.717, 1.165) is 13.0 Å². The highest BCUT2D eigenvalue weighted by Gasteiger charge is 2.20. The monoisotopic (exact) mass is 267 g/mol. The molecule has 2 nitrogen and oxygen atoms in total. The molecule has 0 amide bonds. The maximum Gasteiger partial charge on any atom is 0.147 e. The van der Waals surface area contributed by atoms with Gasteiger partial charge in [-0.15, -0.1) is 0 Å². The summed E-state index contributed by atoms with van der Waals surface area (Å²) < 4.78 is 0. The molecule has 0 aliphatic carbocycles. The van der Waals surface area contributed by atoms with Crippen molar-refractivity contribution in [3.05, 3.63) is 71.8 Å². The molecule has 1 unspecified atom stereocenters. The van der Waals surface area contributed by atoms with Gasteiger partial charge in [-0.1, -0.05) is 60.7 Å². The number of ketones is 1. The smallest absolute Gasteiger partial charge is 0.147 e. The second kappa shape index (κ2) is 7.01. The zero-order valence-electron chi connectivity index (χ0n) is 12.1. The van der Waals surface area contributed by atoms with E-state index >= 15 is 0 Å². The first-order valence-corrected chi connectivity index (χ1v) is 6.95. The minimum atomic E-state index is -0.0717. The Hall–Kier alpha value is -1.93. The molecule has 0 fully saturated rings. The number of rotatable bonds is 6. The van der Waals surface area contributed by atoms with E-state index in [1.807, 2.05) is 43.4 Å². The normalized spacial score (nSPS) is 12.3. The molecule has 0 radical (unpaired) electrons. The Morgan fingerprint density at radius 1 is 0.950 bits per heavy atom. The first-order valence-electron chi connectivity index (χ1n) is 6.95. The van der Waals surface area contributed by atoms with Gasteiger partial charge in [0.1, 0.15) is 5.78 Å². The van der Waals surface area contributed by atoms with Crippen LogP contribution in [0.1, 0.15) is 18.1 Å². The van der Waals surface area contributed by atoms with E-state index < -0.39 is 0 Å². The molecule has 104 valence electrons. The summed E-state index contributed by atoms with van der Waals surface area (Å²) in [5, 5.41) is 0. The maximum atomic E-state index is 11.9. The number of hydrogen-bond acceptors (Lipinski definition) is 2. The number of carbonyl (C=O) groups excluding carboxylic acids is 1. The van der Waals surface area contributed by atoms with Gasteiger partial charge in [0.25, 0.3) is 0 Å². The molecule has 0 saturated heterocycles. The van der Waals surface area contributed by atoms with Crippen molar-refractivity contribution in [2.75, 3.05) is 7.05 Å². The van der Waals surface area contributed by atoms with Crippen molar-refractivity contribution in [1.29, 1.82) is 0 Å². The van der Waals surface area contributed by atoms with Gasteiger partial charge in [-0.05, 0) is 31.5 Å². The van der Waals surface area contributed by atoms with Crippen LogP contribution in [0.25, 0.3) is 0 Å². The van der Waals surface area contributed by atoms with E-state index in [2.05, 4.69) is 29.2 Å². The van der Waals surface area contributed by atoms with Gasteiger partial charge in [0, 0.05) is 6.54 Å². The van der Waals surface area contributed by atoms with Gasteiger partial charge in [0.15, 0.2) is 0 Å². The van der Waals surface area contributed by atoms with Crippen molar-refractivity contribution < 1.29 is 4.79 Å². The van der Waals surface area contributed by atoms with Crippen molar-refractivity contribution in [2.45, 2.75) is 25.9 Å². The van der Waals surface area contributed by atoms with Crippen molar-refractivity contribution >= 4 is 5.78 Å². The summed E-state index contributed by atoms with van der Waals surface area (Å²) >= 11 is 0. The van der Waals surface area contributed by atoms with E-state index in [1.165, 1.54) is 11.1 Å². The minimum absolute atomic E-state index is 0.0717. The maximum absolute atomic E-state index is 11.9. The molecule has 0 aliphatic heterocycles. The molecule has 2 heteroatoms. The number of likely N-dealkylation sites (N-methyl/N-ethyl adjacent to an activating group) is 1. The lowest BCUT2D eigenvalue weighted by molar-refractivity contribution is -0.121. The van der Waals surface area contributed by atoms with Crippen LogP contribution in [0.3, 0.4) is 0 Å². The highest BCUT2D eigenvalue weighted by Crippen LogP contribution is 2.12. The first-order chi connectivity index (χ1) is 9.66. The lowest BCUT2D eigenvalue weighted by Crippen LogP contribution is -2.38. The molecule has 0 spiro atoms. The van der Waals surface area contributed by atoms with Crippen molar-refractivity contribution in [1.82, 2.24) is 4.90 Å². The Labute approximate surface area is 121 Å². The van der Waals surface area contributed by atoms with Crippen LogP contribution in [0.5, 0.6) is 0 Å². The van der Waals surface area contributed by atoms with Crippen molar-refractivity contribution in [3.8, 4) is 0 Å². The summed E-state index contributed by atoms with van der Waals surface area (Å²) in [5.41, 5.74) is 2.43. The average molecular weight is 267 g/mol. The molecule has 2 aromatic carbocycles. The fraction of sp³-hybridized carbons (Fsp3) is 0.278. The summed E-state index contributed by atoms with van der Waals surface area (Å²) in [4.78, 5) is 14.1. The Morgan fingerprint density at radius 2 is 1.45 bits per heavy atom. The van der Waals surface area contributed by atoms with Crippen LogP contribution >= 0.6 is 0 Å². The first kappa shape index (κ1) is 14.5.